The quantitative estimate of drug-likeness (QED) is 0.688. The molecule has 0 fully saturated rings. The monoisotopic (exact) mass is 325 g/mol. The lowest BCUT2D eigenvalue weighted by molar-refractivity contribution is 0.387. The summed E-state index contributed by atoms with van der Waals surface area (Å²) in [5.74, 6) is -0.689. The lowest BCUT2D eigenvalue weighted by atomic mass is 9.81. The molecule has 0 aromatic heterocycles. The molecule has 0 saturated heterocycles. The molecule has 0 atom stereocenters. The third kappa shape index (κ3) is 3.56. The van der Waals surface area contributed by atoms with Gasteiger partial charge in [0.1, 0.15) is 0 Å². The minimum atomic E-state index is -3.88. The zero-order chi connectivity index (χ0) is 16.3. The van der Waals surface area contributed by atoms with Gasteiger partial charge >= 0.3 is 7.12 Å². The van der Waals surface area contributed by atoms with Crippen LogP contribution in [0.2, 0.25) is 0 Å². The summed E-state index contributed by atoms with van der Waals surface area (Å²) in [6.45, 7) is 0. The van der Waals surface area contributed by atoms with Crippen LogP contribution in [0.4, 0.5) is 10.1 Å². The number of halogens is 1. The summed E-state index contributed by atoms with van der Waals surface area (Å²) in [6.07, 6.45) is 0. The number of benzene rings is 2. The molecule has 2 aromatic carbocycles. The van der Waals surface area contributed by atoms with Crippen LogP contribution < -0.4 is 14.9 Å². The van der Waals surface area contributed by atoms with E-state index in [1.165, 1.54) is 43.5 Å². The van der Waals surface area contributed by atoms with Crippen LogP contribution in [0, 0.1) is 5.82 Å². The zero-order valence-corrected chi connectivity index (χ0v) is 12.3. The van der Waals surface area contributed by atoms with Crippen LogP contribution in [0.25, 0.3) is 0 Å². The molecule has 0 heterocycles. The Kier molecular flexibility index (Phi) is 4.70. The van der Waals surface area contributed by atoms with E-state index in [9.17, 15) is 12.8 Å². The molecule has 0 saturated carbocycles. The molecule has 116 valence electrons. The number of ether oxygens (including phenoxy) is 1. The predicted octanol–water partition coefficient (Wildman–Crippen LogP) is 0.315. The minimum absolute atomic E-state index is 0.0693. The summed E-state index contributed by atoms with van der Waals surface area (Å²) < 4.78 is 44.8. The van der Waals surface area contributed by atoms with Gasteiger partial charge in [0.2, 0.25) is 0 Å². The van der Waals surface area contributed by atoms with Crippen LogP contribution in [0.15, 0.2) is 47.4 Å². The summed E-state index contributed by atoms with van der Waals surface area (Å²) in [4.78, 5) is -0.0693. The zero-order valence-electron chi connectivity index (χ0n) is 11.5. The van der Waals surface area contributed by atoms with Crippen molar-refractivity contribution in [3.63, 3.8) is 0 Å². The molecule has 0 aliphatic carbocycles. The summed E-state index contributed by atoms with van der Waals surface area (Å²) in [6, 6.07) is 8.60. The van der Waals surface area contributed by atoms with Crippen molar-refractivity contribution in [3.05, 3.63) is 48.3 Å². The summed E-state index contributed by atoms with van der Waals surface area (Å²) in [7, 11) is -4.29. The molecule has 0 aliphatic heterocycles. The van der Waals surface area contributed by atoms with Crippen molar-refractivity contribution in [1.29, 1.82) is 0 Å². The van der Waals surface area contributed by atoms with E-state index in [0.717, 1.165) is 6.07 Å². The SMILES string of the molecule is COc1cc(NS(=O)(=O)c2ccc(B(O)O)cc2)ccc1F. The van der Waals surface area contributed by atoms with Crippen LogP contribution in [-0.4, -0.2) is 32.7 Å². The Morgan fingerprint density at radius 2 is 1.77 bits per heavy atom. The van der Waals surface area contributed by atoms with Gasteiger partial charge in [-0.15, -0.1) is 0 Å². The van der Waals surface area contributed by atoms with Crippen molar-refractivity contribution in [3.8, 4) is 5.75 Å². The highest BCUT2D eigenvalue weighted by atomic mass is 32.2. The van der Waals surface area contributed by atoms with E-state index in [0.29, 0.717) is 0 Å². The molecule has 0 radical (unpaired) electrons. The van der Waals surface area contributed by atoms with Crippen LogP contribution >= 0.6 is 0 Å². The Hall–Kier alpha value is -2.10. The van der Waals surface area contributed by atoms with E-state index in [2.05, 4.69) is 4.72 Å². The minimum Gasteiger partial charge on any atom is -0.494 e. The maximum atomic E-state index is 13.3. The topological polar surface area (TPSA) is 95.9 Å². The molecule has 22 heavy (non-hydrogen) atoms. The number of anilines is 1. The second-order valence-electron chi connectivity index (χ2n) is 4.40. The van der Waals surface area contributed by atoms with E-state index < -0.39 is 23.0 Å². The van der Waals surface area contributed by atoms with Crippen LogP contribution in [-0.2, 0) is 10.0 Å². The first-order valence-corrected chi connectivity index (χ1v) is 7.64. The van der Waals surface area contributed by atoms with Gasteiger partial charge in [0, 0.05) is 6.07 Å². The fraction of sp³-hybridized carbons (Fsp3) is 0.0769. The molecule has 3 N–H and O–H groups in total. The van der Waals surface area contributed by atoms with Gasteiger partial charge in [-0.3, -0.25) is 4.72 Å². The van der Waals surface area contributed by atoms with Crippen molar-refractivity contribution in [2.45, 2.75) is 4.90 Å². The summed E-state index contributed by atoms with van der Waals surface area (Å²) in [5, 5.41) is 18.0. The maximum Gasteiger partial charge on any atom is 0.488 e. The van der Waals surface area contributed by atoms with Gasteiger partial charge in [-0.05, 0) is 29.7 Å². The van der Waals surface area contributed by atoms with E-state index in [1.54, 1.807) is 0 Å². The molecule has 0 bridgehead atoms. The van der Waals surface area contributed by atoms with E-state index in [1.807, 2.05) is 0 Å². The smallest absolute Gasteiger partial charge is 0.488 e. The van der Waals surface area contributed by atoms with Gasteiger partial charge < -0.3 is 14.8 Å². The van der Waals surface area contributed by atoms with E-state index in [4.69, 9.17) is 14.8 Å². The van der Waals surface area contributed by atoms with Gasteiger partial charge in [-0.25, -0.2) is 12.8 Å². The lowest BCUT2D eigenvalue weighted by Crippen LogP contribution is -2.29. The lowest BCUT2D eigenvalue weighted by Gasteiger charge is -2.10. The Balaban J connectivity index is 2.27. The highest BCUT2D eigenvalue weighted by Gasteiger charge is 2.17. The second kappa shape index (κ2) is 6.35. The van der Waals surface area contributed by atoms with Crippen LogP contribution in [0.3, 0.4) is 0 Å². The molecule has 2 rings (SSSR count). The Labute approximate surface area is 127 Å². The third-order valence-electron chi connectivity index (χ3n) is 2.89. The van der Waals surface area contributed by atoms with Gasteiger partial charge in [0.15, 0.2) is 11.6 Å². The number of sulfonamides is 1. The predicted molar refractivity (Wildman–Crippen MR) is 80.0 cm³/mol. The fourth-order valence-corrected chi connectivity index (χ4v) is 2.81. The van der Waals surface area contributed by atoms with Crippen molar-refractivity contribution >= 4 is 28.3 Å². The largest absolute Gasteiger partial charge is 0.494 e. The molecule has 0 unspecified atom stereocenters. The molecule has 0 aliphatic rings. The van der Waals surface area contributed by atoms with Gasteiger partial charge in [0.05, 0.1) is 17.7 Å². The first-order chi connectivity index (χ1) is 10.3. The first-order valence-electron chi connectivity index (χ1n) is 6.16. The van der Waals surface area contributed by atoms with Crippen molar-refractivity contribution in [2.24, 2.45) is 0 Å². The molecule has 6 nitrogen and oxygen atoms in total. The average Bonchev–Trinajstić information content (AvgIpc) is 2.49. The molecule has 2 aromatic rings. The van der Waals surface area contributed by atoms with Crippen molar-refractivity contribution in [1.82, 2.24) is 0 Å². The Bertz CT molecular complexity index is 764. The molecule has 0 amide bonds. The van der Waals surface area contributed by atoms with Crippen molar-refractivity contribution < 1.29 is 27.6 Å². The van der Waals surface area contributed by atoms with E-state index in [-0.39, 0.29) is 21.8 Å². The average molecular weight is 325 g/mol. The first kappa shape index (κ1) is 16.3. The second-order valence-corrected chi connectivity index (χ2v) is 6.08. The number of rotatable bonds is 5. The highest BCUT2D eigenvalue weighted by Crippen LogP contribution is 2.23. The van der Waals surface area contributed by atoms with Crippen molar-refractivity contribution in [2.75, 3.05) is 11.8 Å². The highest BCUT2D eigenvalue weighted by molar-refractivity contribution is 7.92. The Morgan fingerprint density at radius 1 is 1.14 bits per heavy atom. The molecular weight excluding hydrogens is 312 g/mol. The Morgan fingerprint density at radius 3 is 2.32 bits per heavy atom. The van der Waals surface area contributed by atoms with Gasteiger partial charge in [-0.2, -0.15) is 0 Å². The van der Waals surface area contributed by atoms with Crippen LogP contribution in [0.5, 0.6) is 5.75 Å². The number of hydrogen-bond donors (Lipinski definition) is 3. The molecular formula is C13H13BFNO5S. The summed E-state index contributed by atoms with van der Waals surface area (Å²) >= 11 is 0. The molecule has 9 heteroatoms. The number of nitrogens with one attached hydrogen (secondary N) is 1. The number of methoxy groups -OCH3 is 1. The molecule has 0 spiro atoms. The maximum absolute atomic E-state index is 13.3. The van der Waals surface area contributed by atoms with Crippen LogP contribution in [0.1, 0.15) is 0 Å². The van der Waals surface area contributed by atoms with Gasteiger partial charge in [-0.1, -0.05) is 12.1 Å². The standard InChI is InChI=1S/C13H13BFNO5S/c1-21-13-8-10(4-7-12(13)15)16-22(19,20)11-5-2-9(3-6-11)14(17)18/h2-8,16-18H,1H3. The van der Waals surface area contributed by atoms with Gasteiger partial charge in [0.25, 0.3) is 10.0 Å². The fourth-order valence-electron chi connectivity index (χ4n) is 1.76. The van der Waals surface area contributed by atoms with E-state index >= 15 is 0 Å². The third-order valence-corrected chi connectivity index (χ3v) is 4.29. The number of hydrogen-bond acceptors (Lipinski definition) is 5. The normalized spacial score (nSPS) is 11.1. The summed E-state index contributed by atoms with van der Waals surface area (Å²) in [5.41, 5.74) is 0.312.